The van der Waals surface area contributed by atoms with Crippen molar-refractivity contribution in [3.8, 4) is 0 Å². The second-order valence-electron chi connectivity index (χ2n) is 5.06. The SMILES string of the molecule is Cc1ccccc1CN(C)c1cccc(Cl)c1CCN. The molecule has 0 bridgehead atoms. The lowest BCUT2D eigenvalue weighted by Gasteiger charge is -2.24. The number of hydrogen-bond acceptors (Lipinski definition) is 2. The first kappa shape index (κ1) is 14.9. The largest absolute Gasteiger partial charge is 0.370 e. The third-order valence-corrected chi connectivity index (χ3v) is 3.92. The molecule has 0 aliphatic rings. The highest BCUT2D eigenvalue weighted by Gasteiger charge is 2.11. The average Bonchev–Trinajstić information content (AvgIpc) is 2.43. The second-order valence-corrected chi connectivity index (χ2v) is 5.47. The highest BCUT2D eigenvalue weighted by molar-refractivity contribution is 6.31. The van der Waals surface area contributed by atoms with Gasteiger partial charge in [0, 0.05) is 24.3 Å². The van der Waals surface area contributed by atoms with Crippen LogP contribution in [0.1, 0.15) is 16.7 Å². The van der Waals surface area contributed by atoms with E-state index < -0.39 is 0 Å². The first-order chi connectivity index (χ1) is 9.63. The molecular weight excluding hydrogens is 268 g/mol. The number of anilines is 1. The predicted molar refractivity (Wildman–Crippen MR) is 87.5 cm³/mol. The van der Waals surface area contributed by atoms with E-state index in [0.29, 0.717) is 6.54 Å². The van der Waals surface area contributed by atoms with Crippen molar-refractivity contribution >= 4 is 17.3 Å². The zero-order valence-electron chi connectivity index (χ0n) is 12.1. The molecule has 0 heterocycles. The van der Waals surface area contributed by atoms with Gasteiger partial charge in [-0.1, -0.05) is 41.9 Å². The van der Waals surface area contributed by atoms with Crippen molar-refractivity contribution in [2.45, 2.75) is 19.9 Å². The highest BCUT2D eigenvalue weighted by atomic mass is 35.5. The van der Waals surface area contributed by atoms with Gasteiger partial charge in [-0.05, 0) is 48.7 Å². The molecule has 2 aromatic carbocycles. The maximum absolute atomic E-state index is 6.30. The minimum absolute atomic E-state index is 0.606. The van der Waals surface area contributed by atoms with Gasteiger partial charge in [-0.15, -0.1) is 0 Å². The van der Waals surface area contributed by atoms with E-state index in [1.54, 1.807) is 0 Å². The van der Waals surface area contributed by atoms with Crippen molar-refractivity contribution in [2.24, 2.45) is 5.73 Å². The van der Waals surface area contributed by atoms with Crippen molar-refractivity contribution < 1.29 is 0 Å². The minimum Gasteiger partial charge on any atom is -0.370 e. The van der Waals surface area contributed by atoms with Gasteiger partial charge in [0.1, 0.15) is 0 Å². The quantitative estimate of drug-likeness (QED) is 0.907. The average molecular weight is 289 g/mol. The maximum atomic E-state index is 6.30. The normalized spacial score (nSPS) is 10.6. The fraction of sp³-hybridized carbons (Fsp3) is 0.294. The van der Waals surface area contributed by atoms with Crippen molar-refractivity contribution in [2.75, 3.05) is 18.5 Å². The Morgan fingerprint density at radius 1 is 1.10 bits per heavy atom. The van der Waals surface area contributed by atoms with Crippen molar-refractivity contribution in [3.63, 3.8) is 0 Å². The summed E-state index contributed by atoms with van der Waals surface area (Å²) in [5.74, 6) is 0. The van der Waals surface area contributed by atoms with Crippen LogP contribution < -0.4 is 10.6 Å². The Kier molecular flexibility index (Phi) is 5.05. The van der Waals surface area contributed by atoms with Gasteiger partial charge >= 0.3 is 0 Å². The summed E-state index contributed by atoms with van der Waals surface area (Å²) in [6.07, 6.45) is 0.799. The summed E-state index contributed by atoms with van der Waals surface area (Å²) in [6, 6.07) is 14.5. The molecule has 0 unspecified atom stereocenters. The molecule has 0 aromatic heterocycles. The smallest absolute Gasteiger partial charge is 0.0459 e. The third kappa shape index (κ3) is 3.33. The molecule has 2 nitrogen and oxygen atoms in total. The topological polar surface area (TPSA) is 29.3 Å². The van der Waals surface area contributed by atoms with Gasteiger partial charge in [-0.2, -0.15) is 0 Å². The summed E-state index contributed by atoms with van der Waals surface area (Å²) in [7, 11) is 2.10. The van der Waals surface area contributed by atoms with Gasteiger partial charge in [-0.3, -0.25) is 0 Å². The Hall–Kier alpha value is -1.51. The predicted octanol–water partition coefficient (Wildman–Crippen LogP) is 3.79. The van der Waals surface area contributed by atoms with E-state index in [-0.39, 0.29) is 0 Å². The Balaban J connectivity index is 2.27. The van der Waals surface area contributed by atoms with Gasteiger partial charge in [0.05, 0.1) is 0 Å². The molecule has 0 saturated carbocycles. The number of halogens is 1. The third-order valence-electron chi connectivity index (χ3n) is 3.57. The van der Waals surface area contributed by atoms with Gasteiger partial charge in [0.15, 0.2) is 0 Å². The second kappa shape index (κ2) is 6.78. The summed E-state index contributed by atoms with van der Waals surface area (Å²) in [5.41, 5.74) is 10.6. The van der Waals surface area contributed by atoms with Crippen LogP contribution in [0.5, 0.6) is 0 Å². The highest BCUT2D eigenvalue weighted by Crippen LogP contribution is 2.28. The van der Waals surface area contributed by atoms with Crippen LogP contribution in [0.4, 0.5) is 5.69 Å². The molecule has 0 spiro atoms. The zero-order chi connectivity index (χ0) is 14.5. The summed E-state index contributed by atoms with van der Waals surface area (Å²) >= 11 is 6.30. The number of benzene rings is 2. The van der Waals surface area contributed by atoms with E-state index in [0.717, 1.165) is 29.2 Å². The lowest BCUT2D eigenvalue weighted by atomic mass is 10.1. The van der Waals surface area contributed by atoms with Gasteiger partial charge in [0.2, 0.25) is 0 Å². The van der Waals surface area contributed by atoms with E-state index >= 15 is 0 Å². The number of hydrogen-bond donors (Lipinski definition) is 1. The summed E-state index contributed by atoms with van der Waals surface area (Å²) in [4.78, 5) is 2.24. The molecular formula is C17H21ClN2. The van der Waals surface area contributed by atoms with E-state index in [4.69, 9.17) is 17.3 Å². The van der Waals surface area contributed by atoms with Crippen LogP contribution in [-0.4, -0.2) is 13.6 Å². The van der Waals surface area contributed by atoms with Gasteiger partial charge in [-0.25, -0.2) is 0 Å². The molecule has 3 heteroatoms. The number of nitrogens with two attached hydrogens (primary N) is 1. The molecule has 0 aliphatic heterocycles. The molecule has 2 aromatic rings. The van der Waals surface area contributed by atoms with E-state index in [1.807, 2.05) is 12.1 Å². The molecule has 0 amide bonds. The Morgan fingerprint density at radius 2 is 1.85 bits per heavy atom. The minimum atomic E-state index is 0.606. The van der Waals surface area contributed by atoms with Crippen LogP contribution in [0.3, 0.4) is 0 Å². The zero-order valence-corrected chi connectivity index (χ0v) is 12.8. The Bertz CT molecular complexity index is 581. The van der Waals surface area contributed by atoms with Crippen LogP contribution >= 0.6 is 11.6 Å². The first-order valence-electron chi connectivity index (χ1n) is 6.86. The van der Waals surface area contributed by atoms with Crippen molar-refractivity contribution in [1.29, 1.82) is 0 Å². The maximum Gasteiger partial charge on any atom is 0.0459 e. The molecule has 2 rings (SSSR count). The van der Waals surface area contributed by atoms with Crippen LogP contribution in [-0.2, 0) is 13.0 Å². The lowest BCUT2D eigenvalue weighted by molar-refractivity contribution is 0.887. The van der Waals surface area contributed by atoms with E-state index in [1.165, 1.54) is 11.1 Å². The van der Waals surface area contributed by atoms with Gasteiger partial charge in [0.25, 0.3) is 0 Å². The van der Waals surface area contributed by atoms with Crippen LogP contribution in [0, 0.1) is 6.92 Å². The summed E-state index contributed by atoms with van der Waals surface area (Å²) < 4.78 is 0. The van der Waals surface area contributed by atoms with Gasteiger partial charge < -0.3 is 10.6 Å². The first-order valence-corrected chi connectivity index (χ1v) is 7.24. The fourth-order valence-electron chi connectivity index (χ4n) is 2.42. The Morgan fingerprint density at radius 3 is 2.55 bits per heavy atom. The molecule has 106 valence electrons. The van der Waals surface area contributed by atoms with E-state index in [9.17, 15) is 0 Å². The fourth-order valence-corrected chi connectivity index (χ4v) is 2.69. The number of nitrogens with zero attached hydrogens (tertiary/aromatic N) is 1. The molecule has 0 saturated heterocycles. The van der Waals surface area contributed by atoms with Crippen LogP contribution in [0.2, 0.25) is 5.02 Å². The molecule has 20 heavy (non-hydrogen) atoms. The lowest BCUT2D eigenvalue weighted by Crippen LogP contribution is -2.19. The summed E-state index contributed by atoms with van der Waals surface area (Å²) in [6.45, 7) is 3.61. The Labute approximate surface area is 126 Å². The molecule has 0 radical (unpaired) electrons. The van der Waals surface area contributed by atoms with Crippen LogP contribution in [0.15, 0.2) is 42.5 Å². The standard InChI is InChI=1S/C17H21ClN2/c1-13-6-3-4-7-14(13)12-20(2)17-9-5-8-16(18)15(17)10-11-19/h3-9H,10-12,19H2,1-2H3. The number of rotatable bonds is 5. The van der Waals surface area contributed by atoms with Crippen LogP contribution in [0.25, 0.3) is 0 Å². The van der Waals surface area contributed by atoms with Crippen molar-refractivity contribution in [3.05, 3.63) is 64.2 Å². The molecule has 2 N–H and O–H groups in total. The summed E-state index contributed by atoms with van der Waals surface area (Å²) in [5, 5.41) is 0.796. The van der Waals surface area contributed by atoms with Crippen molar-refractivity contribution in [1.82, 2.24) is 0 Å². The monoisotopic (exact) mass is 288 g/mol. The number of aryl methyl sites for hydroxylation is 1. The molecule has 0 atom stereocenters. The molecule has 0 fully saturated rings. The van der Waals surface area contributed by atoms with E-state index in [2.05, 4.69) is 49.2 Å². The molecule has 0 aliphatic carbocycles.